The standard InChI is InChI=1S/C20H27N7O/c1-16-22-17(20(28)27-9-7-24(2)8-10-27)15-19(23-16)26-13-11-25(12-14-26)18-5-3-4-6-21-18/h3-6,15H,7-14H2,1-2H3. The highest BCUT2D eigenvalue weighted by atomic mass is 16.2. The number of carbonyl (C=O) groups excluding carboxylic acids is 1. The lowest BCUT2D eigenvalue weighted by molar-refractivity contribution is 0.0658. The van der Waals surface area contributed by atoms with Crippen LogP contribution in [0.15, 0.2) is 30.5 Å². The highest BCUT2D eigenvalue weighted by Gasteiger charge is 2.24. The summed E-state index contributed by atoms with van der Waals surface area (Å²) in [6, 6.07) is 7.84. The van der Waals surface area contributed by atoms with Crippen LogP contribution < -0.4 is 9.80 Å². The molecule has 148 valence electrons. The Morgan fingerprint density at radius 2 is 1.57 bits per heavy atom. The molecule has 2 aromatic rings. The van der Waals surface area contributed by atoms with Crippen molar-refractivity contribution >= 4 is 17.5 Å². The number of anilines is 2. The molecule has 0 spiro atoms. The molecular formula is C20H27N7O. The summed E-state index contributed by atoms with van der Waals surface area (Å²) < 4.78 is 0. The van der Waals surface area contributed by atoms with Gasteiger partial charge in [0.25, 0.3) is 5.91 Å². The molecule has 8 heteroatoms. The molecule has 0 radical (unpaired) electrons. The number of aryl methyl sites for hydroxylation is 1. The lowest BCUT2D eigenvalue weighted by Gasteiger charge is -2.36. The first-order valence-corrected chi connectivity index (χ1v) is 9.84. The van der Waals surface area contributed by atoms with Crippen molar-refractivity contribution in [2.75, 3.05) is 69.2 Å². The summed E-state index contributed by atoms with van der Waals surface area (Å²) in [4.78, 5) is 35.0. The number of hydrogen-bond donors (Lipinski definition) is 0. The van der Waals surface area contributed by atoms with Crippen LogP contribution in [0.25, 0.3) is 0 Å². The molecule has 0 N–H and O–H groups in total. The molecule has 1 amide bonds. The average Bonchev–Trinajstić information content (AvgIpc) is 2.74. The van der Waals surface area contributed by atoms with E-state index in [0.717, 1.165) is 64.0 Å². The Kier molecular flexibility index (Phi) is 5.38. The minimum atomic E-state index is 0.00646. The van der Waals surface area contributed by atoms with E-state index in [-0.39, 0.29) is 5.91 Å². The van der Waals surface area contributed by atoms with E-state index < -0.39 is 0 Å². The Morgan fingerprint density at radius 1 is 0.893 bits per heavy atom. The van der Waals surface area contributed by atoms with Crippen LogP contribution in [0.1, 0.15) is 16.3 Å². The summed E-state index contributed by atoms with van der Waals surface area (Å²) in [6.07, 6.45) is 1.83. The van der Waals surface area contributed by atoms with Crippen molar-refractivity contribution < 1.29 is 4.79 Å². The molecule has 8 nitrogen and oxygen atoms in total. The summed E-state index contributed by atoms with van der Waals surface area (Å²) in [5.74, 6) is 2.49. The number of likely N-dealkylation sites (N-methyl/N-ethyl adjacent to an activating group) is 1. The lowest BCUT2D eigenvalue weighted by atomic mass is 10.2. The molecule has 2 aliphatic heterocycles. The second-order valence-electron chi connectivity index (χ2n) is 7.42. The first-order valence-electron chi connectivity index (χ1n) is 9.84. The van der Waals surface area contributed by atoms with Crippen molar-refractivity contribution in [2.24, 2.45) is 0 Å². The Hall–Kier alpha value is -2.74. The number of hydrogen-bond acceptors (Lipinski definition) is 7. The molecule has 4 rings (SSSR count). The topological polar surface area (TPSA) is 68.7 Å². The minimum Gasteiger partial charge on any atom is -0.353 e. The normalized spacial score (nSPS) is 18.4. The van der Waals surface area contributed by atoms with Crippen molar-refractivity contribution in [3.05, 3.63) is 42.0 Å². The molecular weight excluding hydrogens is 354 g/mol. The molecule has 2 saturated heterocycles. The van der Waals surface area contributed by atoms with Gasteiger partial charge in [-0.2, -0.15) is 0 Å². The fourth-order valence-corrected chi connectivity index (χ4v) is 3.70. The summed E-state index contributed by atoms with van der Waals surface area (Å²) >= 11 is 0. The van der Waals surface area contributed by atoms with Crippen LogP contribution in [-0.4, -0.2) is 90.1 Å². The summed E-state index contributed by atoms with van der Waals surface area (Å²) in [5.41, 5.74) is 0.499. The predicted molar refractivity (Wildman–Crippen MR) is 109 cm³/mol. The number of pyridine rings is 1. The number of carbonyl (C=O) groups is 1. The molecule has 0 aromatic carbocycles. The van der Waals surface area contributed by atoms with E-state index in [1.165, 1.54) is 0 Å². The fraction of sp³-hybridized carbons (Fsp3) is 0.500. The van der Waals surface area contributed by atoms with Crippen LogP contribution in [0.5, 0.6) is 0 Å². The Labute approximate surface area is 165 Å². The molecule has 0 unspecified atom stereocenters. The van der Waals surface area contributed by atoms with Gasteiger partial charge in [0.15, 0.2) is 0 Å². The largest absolute Gasteiger partial charge is 0.353 e. The van der Waals surface area contributed by atoms with Crippen LogP contribution in [0, 0.1) is 6.92 Å². The van der Waals surface area contributed by atoms with Gasteiger partial charge in [-0.1, -0.05) is 6.07 Å². The number of amides is 1. The fourth-order valence-electron chi connectivity index (χ4n) is 3.70. The number of rotatable bonds is 3. The van der Waals surface area contributed by atoms with Gasteiger partial charge in [-0.15, -0.1) is 0 Å². The van der Waals surface area contributed by atoms with Crippen LogP contribution in [0.2, 0.25) is 0 Å². The zero-order chi connectivity index (χ0) is 19.5. The molecule has 0 bridgehead atoms. The zero-order valence-corrected chi connectivity index (χ0v) is 16.6. The number of nitrogens with zero attached hydrogens (tertiary/aromatic N) is 7. The Morgan fingerprint density at radius 3 is 2.21 bits per heavy atom. The van der Waals surface area contributed by atoms with Gasteiger partial charge in [-0.05, 0) is 26.1 Å². The average molecular weight is 381 g/mol. The third-order valence-electron chi connectivity index (χ3n) is 5.41. The number of piperazine rings is 2. The molecule has 0 saturated carbocycles. The monoisotopic (exact) mass is 381 g/mol. The highest BCUT2D eigenvalue weighted by molar-refractivity contribution is 5.93. The predicted octanol–water partition coefficient (Wildman–Crippen LogP) is 0.894. The van der Waals surface area contributed by atoms with E-state index in [4.69, 9.17) is 0 Å². The van der Waals surface area contributed by atoms with Gasteiger partial charge in [0.2, 0.25) is 0 Å². The summed E-state index contributed by atoms with van der Waals surface area (Å²) in [7, 11) is 2.08. The second-order valence-corrected chi connectivity index (χ2v) is 7.42. The Bertz CT molecular complexity index is 813. The minimum absolute atomic E-state index is 0.00646. The summed E-state index contributed by atoms with van der Waals surface area (Å²) in [6.45, 7) is 8.59. The van der Waals surface area contributed by atoms with E-state index in [1.807, 2.05) is 42.3 Å². The molecule has 2 aromatic heterocycles. The highest BCUT2D eigenvalue weighted by Crippen LogP contribution is 2.19. The van der Waals surface area contributed by atoms with Crippen LogP contribution in [0.4, 0.5) is 11.6 Å². The zero-order valence-electron chi connectivity index (χ0n) is 16.6. The third kappa shape index (κ3) is 4.06. The van der Waals surface area contributed by atoms with Gasteiger partial charge < -0.3 is 19.6 Å². The van der Waals surface area contributed by atoms with E-state index in [1.54, 1.807) is 0 Å². The third-order valence-corrected chi connectivity index (χ3v) is 5.41. The van der Waals surface area contributed by atoms with E-state index in [9.17, 15) is 4.79 Å². The van der Waals surface area contributed by atoms with Crippen LogP contribution in [-0.2, 0) is 0 Å². The molecule has 4 heterocycles. The molecule has 2 aliphatic rings. The quantitative estimate of drug-likeness (QED) is 0.782. The van der Waals surface area contributed by atoms with Crippen molar-refractivity contribution in [1.82, 2.24) is 24.8 Å². The summed E-state index contributed by atoms with van der Waals surface area (Å²) in [5, 5.41) is 0. The smallest absolute Gasteiger partial charge is 0.272 e. The van der Waals surface area contributed by atoms with Crippen molar-refractivity contribution in [2.45, 2.75) is 6.92 Å². The van der Waals surface area contributed by atoms with Gasteiger partial charge in [-0.25, -0.2) is 15.0 Å². The first-order chi connectivity index (χ1) is 13.6. The van der Waals surface area contributed by atoms with Gasteiger partial charge in [-0.3, -0.25) is 4.79 Å². The SMILES string of the molecule is Cc1nc(C(=O)N2CCN(C)CC2)cc(N2CCN(c3ccccn3)CC2)n1. The van der Waals surface area contributed by atoms with Crippen molar-refractivity contribution in [3.63, 3.8) is 0 Å². The van der Waals surface area contributed by atoms with Gasteiger partial charge >= 0.3 is 0 Å². The van der Waals surface area contributed by atoms with E-state index >= 15 is 0 Å². The first kappa shape index (κ1) is 18.6. The second kappa shape index (κ2) is 8.10. The van der Waals surface area contributed by atoms with Crippen molar-refractivity contribution in [1.29, 1.82) is 0 Å². The lowest BCUT2D eigenvalue weighted by Crippen LogP contribution is -2.48. The van der Waals surface area contributed by atoms with Crippen LogP contribution in [0.3, 0.4) is 0 Å². The number of aromatic nitrogens is 3. The van der Waals surface area contributed by atoms with Crippen molar-refractivity contribution in [3.8, 4) is 0 Å². The molecule has 0 aliphatic carbocycles. The van der Waals surface area contributed by atoms with Gasteiger partial charge in [0.1, 0.15) is 23.2 Å². The van der Waals surface area contributed by atoms with Gasteiger partial charge in [0.05, 0.1) is 0 Å². The maximum Gasteiger partial charge on any atom is 0.272 e. The maximum atomic E-state index is 12.9. The Balaban J connectivity index is 1.45. The van der Waals surface area contributed by atoms with E-state index in [0.29, 0.717) is 11.5 Å². The molecule has 0 atom stereocenters. The van der Waals surface area contributed by atoms with Crippen LogP contribution >= 0.6 is 0 Å². The van der Waals surface area contributed by atoms with E-state index in [2.05, 4.69) is 36.7 Å². The molecule has 2 fully saturated rings. The molecule has 28 heavy (non-hydrogen) atoms. The van der Waals surface area contributed by atoms with Gasteiger partial charge in [0, 0.05) is 64.6 Å². The maximum absolute atomic E-state index is 12.9.